The van der Waals surface area contributed by atoms with E-state index < -0.39 is 0 Å². The summed E-state index contributed by atoms with van der Waals surface area (Å²) in [5, 5.41) is 3.50. The molecule has 0 aliphatic carbocycles. The molecule has 5 nitrogen and oxygen atoms in total. The van der Waals surface area contributed by atoms with Crippen molar-refractivity contribution in [1.29, 1.82) is 0 Å². The smallest absolute Gasteiger partial charge is 0.231 e. The molecule has 0 spiro atoms. The summed E-state index contributed by atoms with van der Waals surface area (Å²) in [6.45, 7) is 4.71. The summed E-state index contributed by atoms with van der Waals surface area (Å²) in [5.41, 5.74) is 2.36. The highest BCUT2D eigenvalue weighted by Crippen LogP contribution is 2.35. The van der Waals surface area contributed by atoms with Gasteiger partial charge in [-0.3, -0.25) is 4.99 Å². The molecule has 1 fully saturated rings. The molecular weight excluding hydrogens is 268 g/mol. The van der Waals surface area contributed by atoms with E-state index in [0.29, 0.717) is 6.79 Å². The van der Waals surface area contributed by atoms with Crippen LogP contribution in [0.15, 0.2) is 35.0 Å². The van der Waals surface area contributed by atoms with Crippen LogP contribution < -0.4 is 14.8 Å². The van der Waals surface area contributed by atoms with Gasteiger partial charge in [0, 0.05) is 25.5 Å². The van der Waals surface area contributed by atoms with Gasteiger partial charge in [0.05, 0.1) is 18.6 Å². The maximum absolute atomic E-state index is 5.40. The molecule has 3 rings (SSSR count). The Balaban J connectivity index is 1.69. The summed E-state index contributed by atoms with van der Waals surface area (Å²) in [7, 11) is 1.77. The number of allylic oxidation sites excluding steroid dienone is 1. The number of fused-ring (bicyclic) bond motifs is 1. The maximum Gasteiger partial charge on any atom is 0.231 e. The standard InChI is InChI=1S/C16H20N2O3/c1-16(9-19-10-16)15(5-6-17-2)18-8-12-3-4-13-14(7-12)21-11-20-13/h3-7,18H,8-11H2,1-2H3/b15-5-,17-6+. The lowest BCUT2D eigenvalue weighted by atomic mass is 9.84. The summed E-state index contributed by atoms with van der Waals surface area (Å²) < 4.78 is 16.1. The summed E-state index contributed by atoms with van der Waals surface area (Å²) in [5.74, 6) is 1.63. The summed E-state index contributed by atoms with van der Waals surface area (Å²) in [6.07, 6.45) is 3.83. The number of rotatable bonds is 5. The molecule has 2 aliphatic heterocycles. The first kappa shape index (κ1) is 13.9. The van der Waals surface area contributed by atoms with Gasteiger partial charge < -0.3 is 19.5 Å². The normalized spacial score (nSPS) is 19.6. The van der Waals surface area contributed by atoms with Crippen molar-refractivity contribution in [3.8, 4) is 11.5 Å². The molecule has 112 valence electrons. The van der Waals surface area contributed by atoms with Gasteiger partial charge in [-0.1, -0.05) is 6.07 Å². The van der Waals surface area contributed by atoms with Crippen LogP contribution in [0.5, 0.6) is 11.5 Å². The highest BCUT2D eigenvalue weighted by molar-refractivity contribution is 5.72. The van der Waals surface area contributed by atoms with Crippen LogP contribution in [0.4, 0.5) is 0 Å². The fourth-order valence-electron chi connectivity index (χ4n) is 2.43. The second-order valence-electron chi connectivity index (χ2n) is 5.58. The molecule has 0 unspecified atom stereocenters. The van der Waals surface area contributed by atoms with Crippen molar-refractivity contribution >= 4 is 6.21 Å². The Morgan fingerprint density at radius 3 is 2.86 bits per heavy atom. The monoisotopic (exact) mass is 288 g/mol. The molecule has 0 amide bonds. The Morgan fingerprint density at radius 1 is 1.33 bits per heavy atom. The van der Waals surface area contributed by atoms with Crippen molar-refractivity contribution in [1.82, 2.24) is 5.32 Å². The maximum atomic E-state index is 5.40. The first-order valence-corrected chi connectivity index (χ1v) is 7.04. The molecule has 1 aromatic rings. The molecule has 5 heteroatoms. The summed E-state index contributed by atoms with van der Waals surface area (Å²) >= 11 is 0. The van der Waals surface area contributed by atoms with Crippen molar-refractivity contribution in [2.24, 2.45) is 10.4 Å². The Labute approximate surface area is 124 Å². The minimum absolute atomic E-state index is 0.0531. The highest BCUT2D eigenvalue weighted by atomic mass is 16.7. The van der Waals surface area contributed by atoms with Crippen LogP contribution in [-0.4, -0.2) is 33.3 Å². The van der Waals surface area contributed by atoms with E-state index in [-0.39, 0.29) is 5.41 Å². The van der Waals surface area contributed by atoms with E-state index in [0.717, 1.165) is 42.5 Å². The number of nitrogens with zero attached hydrogens (tertiary/aromatic N) is 1. The van der Waals surface area contributed by atoms with E-state index in [2.05, 4.69) is 17.2 Å². The predicted molar refractivity (Wildman–Crippen MR) is 80.8 cm³/mol. The van der Waals surface area contributed by atoms with Crippen LogP contribution in [0.3, 0.4) is 0 Å². The Hall–Kier alpha value is -2.01. The van der Waals surface area contributed by atoms with Crippen LogP contribution in [-0.2, 0) is 11.3 Å². The molecule has 0 atom stereocenters. The second kappa shape index (κ2) is 5.77. The van der Waals surface area contributed by atoms with Gasteiger partial charge in [-0.15, -0.1) is 0 Å². The Morgan fingerprint density at radius 2 is 2.14 bits per heavy atom. The highest BCUT2D eigenvalue weighted by Gasteiger charge is 2.37. The average Bonchev–Trinajstić information content (AvgIpc) is 2.92. The largest absolute Gasteiger partial charge is 0.454 e. The van der Waals surface area contributed by atoms with Gasteiger partial charge in [-0.05, 0) is 30.7 Å². The third-order valence-corrected chi connectivity index (χ3v) is 3.80. The zero-order chi connectivity index (χ0) is 14.7. The SMILES string of the molecule is C/N=C/C=C(\NCc1ccc2c(c1)OCO2)C1(C)COC1. The molecule has 1 N–H and O–H groups in total. The third kappa shape index (κ3) is 2.88. The molecule has 0 saturated carbocycles. The van der Waals surface area contributed by atoms with Gasteiger partial charge in [-0.2, -0.15) is 0 Å². The van der Waals surface area contributed by atoms with Crippen LogP contribution in [0, 0.1) is 5.41 Å². The van der Waals surface area contributed by atoms with E-state index >= 15 is 0 Å². The first-order valence-electron chi connectivity index (χ1n) is 7.04. The van der Waals surface area contributed by atoms with Crippen molar-refractivity contribution < 1.29 is 14.2 Å². The third-order valence-electron chi connectivity index (χ3n) is 3.80. The van der Waals surface area contributed by atoms with Gasteiger partial charge >= 0.3 is 0 Å². The first-order chi connectivity index (χ1) is 10.2. The number of benzene rings is 1. The van der Waals surface area contributed by atoms with E-state index in [1.165, 1.54) is 0 Å². The summed E-state index contributed by atoms with van der Waals surface area (Å²) in [4.78, 5) is 4.03. The van der Waals surface area contributed by atoms with Gasteiger partial charge in [-0.25, -0.2) is 0 Å². The zero-order valence-electron chi connectivity index (χ0n) is 12.4. The van der Waals surface area contributed by atoms with E-state index in [4.69, 9.17) is 14.2 Å². The Bertz CT molecular complexity index is 577. The van der Waals surface area contributed by atoms with Gasteiger partial charge in [0.2, 0.25) is 6.79 Å². The number of ether oxygens (including phenoxy) is 3. The van der Waals surface area contributed by atoms with Crippen molar-refractivity contribution in [2.75, 3.05) is 27.1 Å². The number of hydrogen-bond acceptors (Lipinski definition) is 5. The minimum atomic E-state index is 0.0531. The van der Waals surface area contributed by atoms with Gasteiger partial charge in [0.15, 0.2) is 11.5 Å². The minimum Gasteiger partial charge on any atom is -0.454 e. The van der Waals surface area contributed by atoms with Crippen LogP contribution in [0.1, 0.15) is 12.5 Å². The number of nitrogens with one attached hydrogen (secondary N) is 1. The average molecular weight is 288 g/mol. The summed E-state index contributed by atoms with van der Waals surface area (Å²) in [6, 6.07) is 6.01. The number of hydrogen-bond donors (Lipinski definition) is 1. The molecule has 0 radical (unpaired) electrons. The molecular formula is C16H20N2O3. The second-order valence-corrected chi connectivity index (χ2v) is 5.58. The van der Waals surface area contributed by atoms with Crippen LogP contribution in [0.2, 0.25) is 0 Å². The van der Waals surface area contributed by atoms with Gasteiger partial charge in [0.1, 0.15) is 0 Å². The van der Waals surface area contributed by atoms with E-state index in [1.807, 2.05) is 30.5 Å². The lowest BCUT2D eigenvalue weighted by molar-refractivity contribution is -0.0811. The van der Waals surface area contributed by atoms with Crippen molar-refractivity contribution in [3.05, 3.63) is 35.5 Å². The van der Waals surface area contributed by atoms with Gasteiger partial charge in [0.25, 0.3) is 0 Å². The van der Waals surface area contributed by atoms with Crippen molar-refractivity contribution in [2.45, 2.75) is 13.5 Å². The topological polar surface area (TPSA) is 52.1 Å². The van der Waals surface area contributed by atoms with E-state index in [9.17, 15) is 0 Å². The van der Waals surface area contributed by atoms with E-state index in [1.54, 1.807) is 7.05 Å². The molecule has 1 saturated heterocycles. The Kier molecular flexibility index (Phi) is 3.84. The molecule has 1 aromatic carbocycles. The number of aliphatic imine (C=N–C) groups is 1. The quantitative estimate of drug-likeness (QED) is 0.843. The molecule has 0 aromatic heterocycles. The molecule has 0 bridgehead atoms. The predicted octanol–water partition coefficient (Wildman–Crippen LogP) is 2.13. The van der Waals surface area contributed by atoms with Crippen LogP contribution in [0.25, 0.3) is 0 Å². The molecule has 2 heterocycles. The zero-order valence-corrected chi connectivity index (χ0v) is 12.4. The lowest BCUT2D eigenvalue weighted by Gasteiger charge is -2.40. The molecule has 2 aliphatic rings. The fourth-order valence-corrected chi connectivity index (χ4v) is 2.43. The fraction of sp³-hybridized carbons (Fsp3) is 0.438. The lowest BCUT2D eigenvalue weighted by Crippen LogP contribution is -2.45. The molecule has 21 heavy (non-hydrogen) atoms. The van der Waals surface area contributed by atoms with Crippen LogP contribution >= 0.6 is 0 Å². The van der Waals surface area contributed by atoms with Crippen molar-refractivity contribution in [3.63, 3.8) is 0 Å².